The molecule has 82 valence electrons. The summed E-state index contributed by atoms with van der Waals surface area (Å²) in [4.78, 5) is 11.9. The van der Waals surface area contributed by atoms with E-state index in [2.05, 4.69) is 31.9 Å². The van der Waals surface area contributed by atoms with E-state index in [1.54, 1.807) is 6.07 Å². The summed E-state index contributed by atoms with van der Waals surface area (Å²) in [5.41, 5.74) is 0.961. The van der Waals surface area contributed by atoms with Crippen LogP contribution in [0, 0.1) is 0 Å². The molecule has 0 atom stereocenters. The highest BCUT2D eigenvalue weighted by Gasteiger charge is 2.14. The predicted octanol–water partition coefficient (Wildman–Crippen LogP) is 4.23. The van der Waals surface area contributed by atoms with Crippen LogP contribution in [0.25, 0.3) is 0 Å². The van der Waals surface area contributed by atoms with Gasteiger partial charge in [-0.3, -0.25) is 4.79 Å². The second-order valence-electron chi connectivity index (χ2n) is 3.33. The molecular formula is C12H8Br2O2. The van der Waals surface area contributed by atoms with Gasteiger partial charge in [0.15, 0.2) is 5.76 Å². The van der Waals surface area contributed by atoms with E-state index in [4.69, 9.17) is 4.42 Å². The molecule has 0 saturated heterocycles. The lowest BCUT2D eigenvalue weighted by Gasteiger charge is -2.00. The zero-order valence-electron chi connectivity index (χ0n) is 8.24. The van der Waals surface area contributed by atoms with E-state index in [0.717, 1.165) is 10.0 Å². The van der Waals surface area contributed by atoms with Crippen LogP contribution in [0.3, 0.4) is 0 Å². The van der Waals surface area contributed by atoms with Crippen molar-refractivity contribution >= 4 is 37.6 Å². The van der Waals surface area contributed by atoms with Gasteiger partial charge in [-0.2, -0.15) is 0 Å². The van der Waals surface area contributed by atoms with E-state index in [-0.39, 0.29) is 5.78 Å². The van der Waals surface area contributed by atoms with Gasteiger partial charge < -0.3 is 4.42 Å². The molecule has 0 bridgehead atoms. The first-order valence-corrected chi connectivity index (χ1v) is 6.26. The standard InChI is InChI=1S/C12H8Br2O2/c13-9-3-1-2-8(6-9)7-11(15)12-10(14)4-5-16-12/h1-6H,7H2. The molecule has 0 aliphatic rings. The Balaban J connectivity index is 2.17. The average molecular weight is 344 g/mol. The quantitative estimate of drug-likeness (QED) is 0.780. The molecule has 2 nitrogen and oxygen atoms in total. The fourth-order valence-electron chi connectivity index (χ4n) is 1.41. The Kier molecular flexibility index (Phi) is 3.61. The number of hydrogen-bond acceptors (Lipinski definition) is 2. The lowest BCUT2D eigenvalue weighted by molar-refractivity contribution is 0.0965. The molecule has 0 N–H and O–H groups in total. The van der Waals surface area contributed by atoms with Crippen LogP contribution in [-0.4, -0.2) is 5.78 Å². The lowest BCUT2D eigenvalue weighted by Crippen LogP contribution is -2.02. The van der Waals surface area contributed by atoms with Crippen molar-refractivity contribution in [2.45, 2.75) is 6.42 Å². The zero-order chi connectivity index (χ0) is 11.5. The summed E-state index contributed by atoms with van der Waals surface area (Å²) in [6, 6.07) is 9.39. The van der Waals surface area contributed by atoms with E-state index in [1.807, 2.05) is 24.3 Å². The lowest BCUT2D eigenvalue weighted by atomic mass is 10.1. The Morgan fingerprint density at radius 2 is 2.06 bits per heavy atom. The third-order valence-corrected chi connectivity index (χ3v) is 3.24. The Bertz CT molecular complexity index is 517. The van der Waals surface area contributed by atoms with Gasteiger partial charge in [0.2, 0.25) is 5.78 Å². The van der Waals surface area contributed by atoms with Crippen LogP contribution in [-0.2, 0) is 6.42 Å². The van der Waals surface area contributed by atoms with Crippen LogP contribution in [0.1, 0.15) is 16.1 Å². The summed E-state index contributed by atoms with van der Waals surface area (Å²) < 4.78 is 6.79. The summed E-state index contributed by atoms with van der Waals surface area (Å²) >= 11 is 6.64. The van der Waals surface area contributed by atoms with Crippen molar-refractivity contribution in [1.82, 2.24) is 0 Å². The summed E-state index contributed by atoms with van der Waals surface area (Å²) in [5.74, 6) is 0.343. The Morgan fingerprint density at radius 3 is 2.69 bits per heavy atom. The molecule has 1 aromatic heterocycles. The van der Waals surface area contributed by atoms with Crippen molar-refractivity contribution in [3.63, 3.8) is 0 Å². The van der Waals surface area contributed by atoms with Gasteiger partial charge >= 0.3 is 0 Å². The van der Waals surface area contributed by atoms with E-state index in [1.165, 1.54) is 6.26 Å². The first kappa shape index (κ1) is 11.6. The van der Waals surface area contributed by atoms with Crippen LogP contribution in [0.4, 0.5) is 0 Å². The van der Waals surface area contributed by atoms with Gasteiger partial charge in [0.05, 0.1) is 10.7 Å². The molecule has 16 heavy (non-hydrogen) atoms. The topological polar surface area (TPSA) is 30.2 Å². The SMILES string of the molecule is O=C(Cc1cccc(Br)c1)c1occc1Br. The molecule has 0 aliphatic heterocycles. The van der Waals surface area contributed by atoms with Gasteiger partial charge in [-0.05, 0) is 39.7 Å². The Labute approximate surface area is 110 Å². The van der Waals surface area contributed by atoms with Gasteiger partial charge in [0, 0.05) is 10.9 Å². The summed E-state index contributed by atoms with van der Waals surface area (Å²) in [6.45, 7) is 0. The summed E-state index contributed by atoms with van der Waals surface area (Å²) in [6.07, 6.45) is 1.84. The van der Waals surface area contributed by atoms with Crippen molar-refractivity contribution in [3.8, 4) is 0 Å². The number of rotatable bonds is 3. The van der Waals surface area contributed by atoms with Gasteiger partial charge in [0.1, 0.15) is 0 Å². The van der Waals surface area contributed by atoms with Crippen LogP contribution >= 0.6 is 31.9 Å². The molecule has 1 heterocycles. The maximum absolute atomic E-state index is 11.9. The minimum absolute atomic E-state index is 0.0324. The number of furan rings is 1. The molecule has 0 fully saturated rings. The molecule has 0 unspecified atom stereocenters. The molecule has 0 aliphatic carbocycles. The number of carbonyl (C=O) groups is 1. The van der Waals surface area contributed by atoms with Gasteiger partial charge in [-0.15, -0.1) is 0 Å². The van der Waals surface area contributed by atoms with E-state index < -0.39 is 0 Å². The molecular weight excluding hydrogens is 336 g/mol. The molecule has 0 radical (unpaired) electrons. The van der Waals surface area contributed by atoms with E-state index >= 15 is 0 Å². The third kappa shape index (κ3) is 2.62. The molecule has 4 heteroatoms. The van der Waals surface area contributed by atoms with Gasteiger partial charge in [0.25, 0.3) is 0 Å². The van der Waals surface area contributed by atoms with Crippen LogP contribution in [0.2, 0.25) is 0 Å². The molecule has 0 spiro atoms. The van der Waals surface area contributed by atoms with Crippen molar-refractivity contribution in [1.29, 1.82) is 0 Å². The highest BCUT2D eigenvalue weighted by Crippen LogP contribution is 2.20. The minimum atomic E-state index is -0.0324. The van der Waals surface area contributed by atoms with Crippen molar-refractivity contribution in [3.05, 3.63) is 56.9 Å². The van der Waals surface area contributed by atoms with Crippen LogP contribution in [0.5, 0.6) is 0 Å². The van der Waals surface area contributed by atoms with E-state index in [9.17, 15) is 4.79 Å². The average Bonchev–Trinajstić information content (AvgIpc) is 2.64. The number of Topliss-reactive ketones (excluding diaryl/α,β-unsaturated/α-hetero) is 1. The maximum Gasteiger partial charge on any atom is 0.203 e. The zero-order valence-corrected chi connectivity index (χ0v) is 11.4. The highest BCUT2D eigenvalue weighted by atomic mass is 79.9. The second kappa shape index (κ2) is 4.97. The number of hydrogen-bond donors (Lipinski definition) is 0. The second-order valence-corrected chi connectivity index (χ2v) is 5.10. The highest BCUT2D eigenvalue weighted by molar-refractivity contribution is 9.10. The Morgan fingerprint density at radius 1 is 1.25 bits per heavy atom. The monoisotopic (exact) mass is 342 g/mol. The normalized spacial score (nSPS) is 10.4. The van der Waals surface area contributed by atoms with Gasteiger partial charge in [-0.25, -0.2) is 0 Å². The molecule has 0 amide bonds. The largest absolute Gasteiger partial charge is 0.460 e. The maximum atomic E-state index is 11.9. The number of carbonyl (C=O) groups excluding carboxylic acids is 1. The summed E-state index contributed by atoms with van der Waals surface area (Å²) in [7, 11) is 0. The van der Waals surface area contributed by atoms with Gasteiger partial charge in [-0.1, -0.05) is 28.1 Å². The molecule has 1 aromatic carbocycles. The smallest absolute Gasteiger partial charge is 0.203 e. The van der Waals surface area contributed by atoms with Crippen molar-refractivity contribution < 1.29 is 9.21 Å². The number of halogens is 2. The molecule has 0 saturated carbocycles. The number of benzene rings is 1. The molecule has 2 rings (SSSR count). The predicted molar refractivity (Wildman–Crippen MR) is 68.6 cm³/mol. The van der Waals surface area contributed by atoms with Crippen LogP contribution in [0.15, 0.2) is 50.0 Å². The van der Waals surface area contributed by atoms with Crippen LogP contribution < -0.4 is 0 Å². The van der Waals surface area contributed by atoms with E-state index in [0.29, 0.717) is 16.7 Å². The third-order valence-electron chi connectivity index (χ3n) is 2.12. The number of ketones is 1. The Hall–Kier alpha value is -0.870. The first-order valence-electron chi connectivity index (χ1n) is 4.67. The fourth-order valence-corrected chi connectivity index (χ4v) is 2.27. The van der Waals surface area contributed by atoms with Crippen molar-refractivity contribution in [2.75, 3.05) is 0 Å². The minimum Gasteiger partial charge on any atom is -0.460 e. The fraction of sp³-hybridized carbons (Fsp3) is 0.0833. The van der Waals surface area contributed by atoms with Crippen molar-refractivity contribution in [2.24, 2.45) is 0 Å². The molecule has 2 aromatic rings. The first-order chi connectivity index (χ1) is 7.66. The summed E-state index contributed by atoms with van der Waals surface area (Å²) in [5, 5.41) is 0.